The first kappa shape index (κ1) is 23.4. The van der Waals surface area contributed by atoms with Crippen molar-refractivity contribution in [1.82, 2.24) is 24.2 Å². The number of carbonyl (C=O) groups is 1. The lowest BCUT2D eigenvalue weighted by molar-refractivity contribution is 0.0938. The molecule has 2 aromatic carbocycles. The van der Waals surface area contributed by atoms with Crippen LogP contribution in [-0.2, 0) is 10.0 Å². The molecule has 3 aliphatic rings. The Bertz CT molecular complexity index is 1700. The maximum atomic E-state index is 12.9. The maximum Gasteiger partial charge on any atom is 0.252 e. The molecule has 1 fully saturated rings. The number of imidazole rings is 1. The molecule has 194 valence electrons. The van der Waals surface area contributed by atoms with Crippen molar-refractivity contribution >= 4 is 32.8 Å². The zero-order chi connectivity index (χ0) is 26.2. The van der Waals surface area contributed by atoms with E-state index in [-0.39, 0.29) is 18.0 Å². The lowest BCUT2D eigenvalue weighted by Crippen LogP contribution is -2.48. The average Bonchev–Trinajstić information content (AvgIpc) is 3.40. The van der Waals surface area contributed by atoms with Gasteiger partial charge in [0.2, 0.25) is 10.0 Å². The number of sulfonamides is 1. The van der Waals surface area contributed by atoms with E-state index in [9.17, 15) is 13.2 Å². The predicted molar refractivity (Wildman–Crippen MR) is 146 cm³/mol. The number of fused-ring (bicyclic) bond motifs is 9. The van der Waals surface area contributed by atoms with Crippen molar-refractivity contribution in [3.05, 3.63) is 77.2 Å². The molecular formula is C28H28N6O3S. The van der Waals surface area contributed by atoms with Gasteiger partial charge in [0, 0.05) is 43.5 Å². The number of pyridine rings is 1. The normalized spacial score (nSPS) is 21.2. The lowest BCUT2D eigenvalue weighted by Gasteiger charge is -2.34. The summed E-state index contributed by atoms with van der Waals surface area (Å²) in [7, 11) is -3.16. The molecule has 5 heterocycles. The Balaban J connectivity index is 1.22. The van der Waals surface area contributed by atoms with Gasteiger partial charge in [-0.3, -0.25) is 4.79 Å². The lowest BCUT2D eigenvalue weighted by atomic mass is 9.94. The minimum atomic E-state index is -3.16. The molecule has 0 saturated carbocycles. The number of nitrogens with zero attached hydrogens (tertiary/aromatic N) is 5. The van der Waals surface area contributed by atoms with Gasteiger partial charge in [-0.15, -0.1) is 0 Å². The number of hydrogen-bond donors (Lipinski definition) is 1. The highest BCUT2D eigenvalue weighted by Gasteiger charge is 2.41. The Kier molecular flexibility index (Phi) is 5.15. The summed E-state index contributed by atoms with van der Waals surface area (Å²) >= 11 is 0. The molecular weight excluding hydrogens is 500 g/mol. The van der Waals surface area contributed by atoms with Crippen LogP contribution in [0.25, 0.3) is 22.2 Å². The first-order valence-electron chi connectivity index (χ1n) is 12.9. The Morgan fingerprint density at radius 3 is 2.53 bits per heavy atom. The fourth-order valence-electron chi connectivity index (χ4n) is 6.22. The fourth-order valence-corrected chi connectivity index (χ4v) is 7.05. The first-order chi connectivity index (χ1) is 18.3. The van der Waals surface area contributed by atoms with Gasteiger partial charge in [0.1, 0.15) is 11.6 Å². The second-order valence-corrected chi connectivity index (χ2v) is 12.4. The molecule has 10 heteroatoms. The van der Waals surface area contributed by atoms with E-state index in [1.54, 1.807) is 0 Å². The van der Waals surface area contributed by atoms with Crippen LogP contribution in [0.2, 0.25) is 0 Å². The van der Waals surface area contributed by atoms with E-state index >= 15 is 0 Å². The number of benzene rings is 2. The third-order valence-corrected chi connectivity index (χ3v) is 9.42. The number of hydrogen-bond acceptors (Lipinski definition) is 6. The predicted octanol–water partition coefficient (Wildman–Crippen LogP) is 3.27. The SMILES string of the molecule is Cc1cccc2c1C1CC(NC2=O)c2nc3ccc(-c4ccc(N5CCN(S(C)(=O)=O)CC5)nc4)cc3n21. The van der Waals surface area contributed by atoms with Crippen molar-refractivity contribution in [2.24, 2.45) is 0 Å². The van der Waals surface area contributed by atoms with Gasteiger partial charge in [0.15, 0.2) is 0 Å². The van der Waals surface area contributed by atoms with Gasteiger partial charge >= 0.3 is 0 Å². The monoisotopic (exact) mass is 528 g/mol. The van der Waals surface area contributed by atoms with Crippen molar-refractivity contribution < 1.29 is 13.2 Å². The van der Waals surface area contributed by atoms with Gasteiger partial charge in [-0.25, -0.2) is 18.4 Å². The second-order valence-electron chi connectivity index (χ2n) is 10.4. The summed E-state index contributed by atoms with van der Waals surface area (Å²) in [5.74, 6) is 1.73. The Morgan fingerprint density at radius 2 is 1.79 bits per heavy atom. The largest absolute Gasteiger partial charge is 0.354 e. The van der Waals surface area contributed by atoms with Gasteiger partial charge in [-0.2, -0.15) is 4.31 Å². The Hall–Kier alpha value is -3.76. The number of rotatable bonds is 3. The van der Waals surface area contributed by atoms with Crippen molar-refractivity contribution in [3.63, 3.8) is 0 Å². The first-order valence-corrected chi connectivity index (χ1v) is 14.7. The number of carbonyl (C=O) groups excluding carboxylic acids is 1. The zero-order valence-corrected chi connectivity index (χ0v) is 22.1. The Morgan fingerprint density at radius 1 is 1.00 bits per heavy atom. The van der Waals surface area contributed by atoms with Crippen LogP contribution in [0.15, 0.2) is 54.7 Å². The highest BCUT2D eigenvalue weighted by Crippen LogP contribution is 2.45. The molecule has 2 bridgehead atoms. The van der Waals surface area contributed by atoms with Gasteiger partial charge in [-0.05, 0) is 60.4 Å². The van der Waals surface area contributed by atoms with E-state index in [2.05, 4.69) is 46.0 Å². The summed E-state index contributed by atoms with van der Waals surface area (Å²) in [6, 6.07) is 16.2. The molecule has 0 radical (unpaired) electrons. The van der Waals surface area contributed by atoms with E-state index in [1.165, 1.54) is 10.6 Å². The summed E-state index contributed by atoms with van der Waals surface area (Å²) < 4.78 is 27.4. The number of piperazine rings is 1. The summed E-state index contributed by atoms with van der Waals surface area (Å²) in [5.41, 5.74) is 6.97. The van der Waals surface area contributed by atoms with Crippen LogP contribution in [0.5, 0.6) is 0 Å². The molecule has 2 unspecified atom stereocenters. The van der Waals surface area contributed by atoms with Gasteiger partial charge < -0.3 is 14.8 Å². The van der Waals surface area contributed by atoms with Crippen LogP contribution in [0, 0.1) is 6.92 Å². The third-order valence-electron chi connectivity index (χ3n) is 8.12. The van der Waals surface area contributed by atoms with E-state index in [1.807, 2.05) is 30.5 Å². The average molecular weight is 529 g/mol. The highest BCUT2D eigenvalue weighted by atomic mass is 32.2. The summed E-state index contributed by atoms with van der Waals surface area (Å²) in [4.78, 5) is 24.7. The molecule has 2 atom stereocenters. The molecule has 1 saturated heterocycles. The molecule has 1 N–H and O–H groups in total. The third kappa shape index (κ3) is 3.62. The molecule has 7 rings (SSSR count). The minimum Gasteiger partial charge on any atom is -0.354 e. The summed E-state index contributed by atoms with van der Waals surface area (Å²) in [5, 5.41) is 3.19. The number of aryl methyl sites for hydroxylation is 1. The van der Waals surface area contributed by atoms with Crippen LogP contribution < -0.4 is 10.2 Å². The van der Waals surface area contributed by atoms with Crippen molar-refractivity contribution in [3.8, 4) is 11.1 Å². The number of anilines is 1. The topological polar surface area (TPSA) is 100 Å². The van der Waals surface area contributed by atoms with Crippen LogP contribution in [0.1, 0.15) is 45.8 Å². The van der Waals surface area contributed by atoms with Crippen LogP contribution >= 0.6 is 0 Å². The van der Waals surface area contributed by atoms with Gasteiger partial charge in [0.25, 0.3) is 5.91 Å². The molecule has 0 spiro atoms. The number of amides is 1. The fraction of sp³-hybridized carbons (Fsp3) is 0.321. The maximum absolute atomic E-state index is 12.9. The zero-order valence-electron chi connectivity index (χ0n) is 21.3. The molecule has 0 aliphatic carbocycles. The van der Waals surface area contributed by atoms with E-state index in [0.717, 1.165) is 56.9 Å². The minimum absolute atomic E-state index is 0.0286. The van der Waals surface area contributed by atoms with E-state index in [4.69, 9.17) is 9.97 Å². The van der Waals surface area contributed by atoms with Gasteiger partial charge in [0.05, 0.1) is 29.4 Å². The number of aromatic nitrogens is 3. The summed E-state index contributed by atoms with van der Waals surface area (Å²) in [6.07, 6.45) is 3.94. The van der Waals surface area contributed by atoms with Crippen LogP contribution in [-0.4, -0.2) is 65.6 Å². The van der Waals surface area contributed by atoms with Crippen LogP contribution in [0.3, 0.4) is 0 Å². The smallest absolute Gasteiger partial charge is 0.252 e. The van der Waals surface area contributed by atoms with E-state index in [0.29, 0.717) is 26.2 Å². The quantitative estimate of drug-likeness (QED) is 0.438. The van der Waals surface area contributed by atoms with Crippen molar-refractivity contribution in [1.29, 1.82) is 0 Å². The van der Waals surface area contributed by atoms with Crippen molar-refractivity contribution in [2.45, 2.75) is 25.4 Å². The van der Waals surface area contributed by atoms with Crippen molar-refractivity contribution in [2.75, 3.05) is 37.3 Å². The molecule has 38 heavy (non-hydrogen) atoms. The molecule has 4 aromatic rings. The molecule has 9 nitrogen and oxygen atoms in total. The second kappa shape index (κ2) is 8.37. The molecule has 1 amide bonds. The molecule has 2 aromatic heterocycles. The van der Waals surface area contributed by atoms with E-state index < -0.39 is 10.0 Å². The Labute approximate surface area is 221 Å². The highest BCUT2D eigenvalue weighted by molar-refractivity contribution is 7.88. The molecule has 3 aliphatic heterocycles. The summed E-state index contributed by atoms with van der Waals surface area (Å²) in [6.45, 7) is 4.25. The standard InChI is InChI=1S/C28H28N6O3S/c1-17-4-3-5-20-26(17)24-15-22(31-28(20)35)27-30-21-8-6-18(14-23(21)34(24)27)19-7-9-25(29-16-19)32-10-12-33(13-11-32)38(2,36)37/h3-9,14,16,22,24H,10-13,15H2,1-2H3,(H,31,35). The number of nitrogens with one attached hydrogen (secondary N) is 1. The van der Waals surface area contributed by atoms with Crippen LogP contribution in [0.4, 0.5) is 5.82 Å². The van der Waals surface area contributed by atoms with Gasteiger partial charge in [-0.1, -0.05) is 18.2 Å².